The number of amides is 1. The Morgan fingerprint density at radius 2 is 2.10 bits per heavy atom. The van der Waals surface area contributed by atoms with Gasteiger partial charge >= 0.3 is 0 Å². The Bertz CT molecular complexity index is 675. The number of benzene rings is 1. The summed E-state index contributed by atoms with van der Waals surface area (Å²) in [7, 11) is 3.13. The van der Waals surface area contributed by atoms with Crippen molar-refractivity contribution in [2.24, 2.45) is 5.92 Å². The van der Waals surface area contributed by atoms with E-state index in [1.165, 1.54) is 12.0 Å². The summed E-state index contributed by atoms with van der Waals surface area (Å²) in [5.41, 5.74) is 1.39. The second-order valence-corrected chi connectivity index (χ2v) is 8.28. The zero-order chi connectivity index (χ0) is 15.8. The fourth-order valence-electron chi connectivity index (χ4n) is 2.43. The van der Waals surface area contributed by atoms with Gasteiger partial charge in [0.15, 0.2) is 0 Å². The van der Waals surface area contributed by atoms with Crippen molar-refractivity contribution >= 4 is 42.9 Å². The summed E-state index contributed by atoms with van der Waals surface area (Å²) in [4.78, 5) is 13.6. The maximum Gasteiger partial charge on any atom is 0.232 e. The van der Waals surface area contributed by atoms with Crippen molar-refractivity contribution in [1.29, 1.82) is 0 Å². The first-order valence-electron chi connectivity index (χ1n) is 6.28. The molecule has 1 aliphatic rings. The van der Waals surface area contributed by atoms with Gasteiger partial charge in [-0.1, -0.05) is 11.6 Å². The monoisotopic (exact) mass is 351 g/mol. The molecule has 1 atom stereocenters. The molecule has 1 unspecified atom stereocenters. The number of carbonyl (C=O) groups is 1. The van der Waals surface area contributed by atoms with E-state index in [1.54, 1.807) is 12.1 Å². The molecule has 1 saturated heterocycles. The summed E-state index contributed by atoms with van der Waals surface area (Å²) in [5.74, 6) is -0.193. The number of anilines is 1. The van der Waals surface area contributed by atoms with Crippen LogP contribution >= 0.6 is 22.3 Å². The minimum Gasteiger partial charge on any atom is -0.495 e. The summed E-state index contributed by atoms with van der Waals surface area (Å²) in [6, 6.07) is 3.40. The second-order valence-electron chi connectivity index (χ2n) is 5.05. The average Bonchev–Trinajstić information content (AvgIpc) is 2.70. The van der Waals surface area contributed by atoms with Crippen molar-refractivity contribution in [2.75, 3.05) is 24.3 Å². The van der Waals surface area contributed by atoms with E-state index in [0.717, 1.165) is 5.56 Å². The number of rotatable bonds is 4. The number of methoxy groups -OCH3 is 1. The lowest BCUT2D eigenvalue weighted by molar-refractivity contribution is -0.117. The van der Waals surface area contributed by atoms with Crippen molar-refractivity contribution in [1.82, 2.24) is 0 Å². The average molecular weight is 352 g/mol. The number of hydrogen-bond donors (Lipinski definition) is 0. The molecule has 1 fully saturated rings. The van der Waals surface area contributed by atoms with E-state index < -0.39 is 9.05 Å². The Morgan fingerprint density at radius 1 is 1.43 bits per heavy atom. The second kappa shape index (κ2) is 6.02. The van der Waals surface area contributed by atoms with E-state index in [2.05, 4.69) is 0 Å². The van der Waals surface area contributed by atoms with Gasteiger partial charge in [0.25, 0.3) is 0 Å². The Labute approximate surface area is 133 Å². The molecule has 1 amide bonds. The van der Waals surface area contributed by atoms with E-state index in [9.17, 15) is 13.2 Å². The zero-order valence-corrected chi connectivity index (χ0v) is 13.9. The van der Waals surface area contributed by atoms with Crippen LogP contribution in [0, 0.1) is 12.8 Å². The highest BCUT2D eigenvalue weighted by molar-refractivity contribution is 8.13. The third-order valence-corrected chi connectivity index (χ3v) is 5.05. The van der Waals surface area contributed by atoms with Crippen molar-refractivity contribution < 1.29 is 17.9 Å². The standard InChI is InChI=1S/C13H15Cl2NO4S/c1-8-3-12(20-2)11(5-10(8)14)16-6-9(4-13(16)17)7-21(15,18)19/h3,5,9H,4,6-7H2,1-2H3. The molecule has 1 aromatic rings. The van der Waals surface area contributed by atoms with Gasteiger partial charge in [-0.05, 0) is 24.6 Å². The third kappa shape index (κ3) is 3.81. The third-order valence-electron chi connectivity index (χ3n) is 3.39. The van der Waals surface area contributed by atoms with Crippen LogP contribution in [0.5, 0.6) is 5.75 Å². The Morgan fingerprint density at radius 3 is 2.67 bits per heavy atom. The SMILES string of the molecule is COc1cc(C)c(Cl)cc1N1CC(CS(=O)(=O)Cl)CC1=O. The number of aryl methyl sites for hydroxylation is 1. The van der Waals surface area contributed by atoms with Crippen LogP contribution in [0.4, 0.5) is 5.69 Å². The van der Waals surface area contributed by atoms with E-state index in [4.69, 9.17) is 27.0 Å². The Balaban J connectivity index is 2.31. The zero-order valence-electron chi connectivity index (χ0n) is 11.6. The van der Waals surface area contributed by atoms with Crippen LogP contribution in [0.3, 0.4) is 0 Å². The predicted octanol–water partition coefficient (Wildman–Crippen LogP) is 2.58. The first kappa shape index (κ1) is 16.4. The van der Waals surface area contributed by atoms with Crippen molar-refractivity contribution in [2.45, 2.75) is 13.3 Å². The number of carbonyl (C=O) groups excluding carboxylic acids is 1. The van der Waals surface area contributed by atoms with E-state index in [1.807, 2.05) is 6.92 Å². The number of ether oxygens (including phenoxy) is 1. The number of nitrogens with zero attached hydrogens (tertiary/aromatic N) is 1. The lowest BCUT2D eigenvalue weighted by Gasteiger charge is -2.20. The van der Waals surface area contributed by atoms with Gasteiger partial charge in [-0.15, -0.1) is 0 Å². The lowest BCUT2D eigenvalue weighted by Crippen LogP contribution is -2.26. The predicted molar refractivity (Wildman–Crippen MR) is 82.8 cm³/mol. The van der Waals surface area contributed by atoms with Crippen LogP contribution in [0.1, 0.15) is 12.0 Å². The van der Waals surface area contributed by atoms with Gasteiger partial charge in [0.05, 0.1) is 18.6 Å². The molecule has 5 nitrogen and oxygen atoms in total. The first-order chi connectivity index (χ1) is 9.71. The van der Waals surface area contributed by atoms with Crippen LogP contribution in [0.15, 0.2) is 12.1 Å². The molecular formula is C13H15Cl2NO4S. The molecule has 0 N–H and O–H groups in total. The lowest BCUT2D eigenvalue weighted by atomic mass is 10.1. The van der Waals surface area contributed by atoms with Gasteiger partial charge in [0.2, 0.25) is 15.0 Å². The summed E-state index contributed by atoms with van der Waals surface area (Å²) in [6.45, 7) is 2.11. The van der Waals surface area contributed by atoms with Crippen LogP contribution in [0.2, 0.25) is 5.02 Å². The van der Waals surface area contributed by atoms with Crippen LogP contribution in [0.25, 0.3) is 0 Å². The van der Waals surface area contributed by atoms with Gasteiger partial charge in [-0.25, -0.2) is 8.42 Å². The molecule has 0 spiro atoms. The van der Waals surface area contributed by atoms with Crippen molar-refractivity contribution in [3.63, 3.8) is 0 Å². The van der Waals surface area contributed by atoms with Gasteiger partial charge < -0.3 is 9.64 Å². The Hall–Kier alpha value is -0.980. The van der Waals surface area contributed by atoms with Crippen LogP contribution in [-0.2, 0) is 13.8 Å². The molecule has 1 aliphatic heterocycles. The molecule has 1 aromatic carbocycles. The van der Waals surface area contributed by atoms with E-state index >= 15 is 0 Å². The summed E-state index contributed by atoms with van der Waals surface area (Å²) >= 11 is 6.10. The maximum absolute atomic E-state index is 12.1. The van der Waals surface area contributed by atoms with E-state index in [-0.39, 0.29) is 30.5 Å². The summed E-state index contributed by atoms with van der Waals surface area (Å²) < 4.78 is 27.6. The molecular weight excluding hydrogens is 337 g/mol. The summed E-state index contributed by atoms with van der Waals surface area (Å²) in [5, 5.41) is 0.520. The molecule has 2 rings (SSSR count). The molecule has 0 aromatic heterocycles. The quantitative estimate of drug-likeness (QED) is 0.782. The number of hydrogen-bond acceptors (Lipinski definition) is 4. The topological polar surface area (TPSA) is 63.7 Å². The molecule has 0 bridgehead atoms. The molecule has 116 valence electrons. The molecule has 0 radical (unpaired) electrons. The molecule has 1 heterocycles. The Kier molecular flexibility index (Phi) is 4.70. The molecule has 0 aliphatic carbocycles. The van der Waals surface area contributed by atoms with Crippen LogP contribution in [-0.4, -0.2) is 33.7 Å². The van der Waals surface area contributed by atoms with Gasteiger partial charge in [-0.3, -0.25) is 4.79 Å². The fourth-order valence-corrected chi connectivity index (χ4v) is 3.91. The maximum atomic E-state index is 12.1. The highest BCUT2D eigenvalue weighted by Crippen LogP contribution is 2.37. The molecule has 0 saturated carbocycles. The van der Waals surface area contributed by atoms with Crippen LogP contribution < -0.4 is 9.64 Å². The smallest absolute Gasteiger partial charge is 0.232 e. The minimum absolute atomic E-state index is 0.139. The first-order valence-corrected chi connectivity index (χ1v) is 9.13. The van der Waals surface area contributed by atoms with Gasteiger partial charge in [0.1, 0.15) is 5.75 Å². The van der Waals surface area contributed by atoms with Crippen molar-refractivity contribution in [3.05, 3.63) is 22.7 Å². The fraction of sp³-hybridized carbons (Fsp3) is 0.462. The van der Waals surface area contributed by atoms with Gasteiger partial charge in [0, 0.05) is 34.6 Å². The van der Waals surface area contributed by atoms with Crippen molar-refractivity contribution in [3.8, 4) is 5.75 Å². The highest BCUT2D eigenvalue weighted by Gasteiger charge is 2.34. The normalized spacial score (nSPS) is 19.1. The molecule has 21 heavy (non-hydrogen) atoms. The largest absolute Gasteiger partial charge is 0.495 e. The highest BCUT2D eigenvalue weighted by atomic mass is 35.7. The van der Waals surface area contributed by atoms with Gasteiger partial charge in [-0.2, -0.15) is 0 Å². The number of halogens is 2. The minimum atomic E-state index is -3.63. The molecule has 8 heteroatoms. The van der Waals surface area contributed by atoms with E-state index in [0.29, 0.717) is 16.5 Å². The summed E-state index contributed by atoms with van der Waals surface area (Å²) in [6.07, 6.45) is 0.139.